The van der Waals surface area contributed by atoms with Crippen molar-refractivity contribution in [2.45, 2.75) is 6.18 Å². The highest BCUT2D eigenvalue weighted by molar-refractivity contribution is 6.31. The first-order valence-electron chi connectivity index (χ1n) is 8.81. The molecular weight excluding hydrogens is 451 g/mol. The lowest BCUT2D eigenvalue weighted by Crippen LogP contribution is -2.40. The smallest absolute Gasteiger partial charge is 0.417 e. The molecule has 3 rings (SSSR count). The molecule has 0 atom stereocenters. The van der Waals surface area contributed by atoms with Crippen LogP contribution in [-0.2, 0) is 6.18 Å². The summed E-state index contributed by atoms with van der Waals surface area (Å²) in [6.45, 7) is 0. The predicted molar refractivity (Wildman–Crippen MR) is 111 cm³/mol. The molecule has 32 heavy (non-hydrogen) atoms. The number of urea groups is 1. The minimum Gasteiger partial charge on any atom is -0.457 e. The van der Waals surface area contributed by atoms with Gasteiger partial charge in [-0.2, -0.15) is 13.2 Å². The first-order valence-corrected chi connectivity index (χ1v) is 9.19. The average Bonchev–Trinajstić information content (AvgIpc) is 2.74. The van der Waals surface area contributed by atoms with Crippen LogP contribution in [0.25, 0.3) is 0 Å². The number of carbonyl (C=O) groups excluding carboxylic acids is 2. The molecule has 1 heterocycles. The first kappa shape index (κ1) is 22.8. The second kappa shape index (κ2) is 9.12. The van der Waals surface area contributed by atoms with Gasteiger partial charge in [-0.05, 0) is 48.5 Å². The van der Waals surface area contributed by atoms with Crippen LogP contribution < -0.4 is 26.6 Å². The van der Waals surface area contributed by atoms with E-state index in [0.29, 0.717) is 28.3 Å². The average molecular weight is 466 g/mol. The lowest BCUT2D eigenvalue weighted by atomic mass is 10.2. The zero-order valence-electron chi connectivity index (χ0n) is 16.1. The number of halogens is 4. The molecule has 0 saturated carbocycles. The Morgan fingerprint density at radius 1 is 1.03 bits per heavy atom. The number of hydrogen-bond donors (Lipinski definition) is 3. The summed E-state index contributed by atoms with van der Waals surface area (Å²) < 4.78 is 44.6. The van der Waals surface area contributed by atoms with Crippen molar-refractivity contribution in [2.24, 2.45) is 11.6 Å². The van der Waals surface area contributed by atoms with Gasteiger partial charge in [0.05, 0.1) is 16.3 Å². The number of amides is 3. The Balaban J connectivity index is 1.68. The van der Waals surface area contributed by atoms with Crippen LogP contribution >= 0.6 is 11.6 Å². The molecule has 0 fully saturated rings. The molecule has 1 aromatic heterocycles. The number of anilines is 2. The van der Waals surface area contributed by atoms with E-state index in [2.05, 4.69) is 10.3 Å². The molecule has 3 aromatic rings. The van der Waals surface area contributed by atoms with Crippen LogP contribution in [0.5, 0.6) is 11.5 Å². The van der Waals surface area contributed by atoms with Crippen LogP contribution in [0.15, 0.2) is 60.8 Å². The molecule has 3 amide bonds. The number of rotatable bonds is 5. The van der Waals surface area contributed by atoms with Gasteiger partial charge < -0.3 is 15.8 Å². The largest absolute Gasteiger partial charge is 0.457 e. The molecule has 166 valence electrons. The minimum atomic E-state index is -4.70. The number of carbonyl (C=O) groups is 2. The SMILES string of the molecule is NC(=O)c1cc(Oc2ccc(NC(=O)N(N)c3ccc(Cl)c(C(F)(F)F)c3)cc2)ccn1. The van der Waals surface area contributed by atoms with Gasteiger partial charge in [0.1, 0.15) is 17.2 Å². The van der Waals surface area contributed by atoms with Crippen LogP contribution in [-0.4, -0.2) is 16.9 Å². The molecule has 0 bridgehead atoms. The van der Waals surface area contributed by atoms with Gasteiger partial charge in [-0.3, -0.25) is 9.78 Å². The zero-order valence-corrected chi connectivity index (χ0v) is 16.8. The summed E-state index contributed by atoms with van der Waals surface area (Å²) in [5.41, 5.74) is 4.19. The van der Waals surface area contributed by atoms with Crippen molar-refractivity contribution in [3.63, 3.8) is 0 Å². The number of hydrogen-bond acceptors (Lipinski definition) is 5. The lowest BCUT2D eigenvalue weighted by Gasteiger charge is -2.19. The van der Waals surface area contributed by atoms with Gasteiger partial charge >= 0.3 is 12.2 Å². The summed E-state index contributed by atoms with van der Waals surface area (Å²) >= 11 is 5.57. The zero-order chi connectivity index (χ0) is 23.5. The van der Waals surface area contributed by atoms with Crippen molar-refractivity contribution in [1.82, 2.24) is 4.98 Å². The van der Waals surface area contributed by atoms with Gasteiger partial charge in [-0.25, -0.2) is 15.6 Å². The fourth-order valence-electron chi connectivity index (χ4n) is 2.53. The Labute approximate surface area is 184 Å². The van der Waals surface area contributed by atoms with Crippen LogP contribution in [0.4, 0.5) is 29.3 Å². The number of alkyl halides is 3. The van der Waals surface area contributed by atoms with Crippen molar-refractivity contribution in [2.75, 3.05) is 10.3 Å². The van der Waals surface area contributed by atoms with E-state index in [-0.39, 0.29) is 11.4 Å². The van der Waals surface area contributed by atoms with E-state index < -0.39 is 28.7 Å². The fraction of sp³-hybridized carbons (Fsp3) is 0.0500. The van der Waals surface area contributed by atoms with Crippen molar-refractivity contribution in [3.05, 3.63) is 77.1 Å². The van der Waals surface area contributed by atoms with E-state index >= 15 is 0 Å². The highest BCUT2D eigenvalue weighted by atomic mass is 35.5. The Bertz CT molecular complexity index is 1160. The molecule has 0 spiro atoms. The lowest BCUT2D eigenvalue weighted by molar-refractivity contribution is -0.137. The molecule has 5 N–H and O–H groups in total. The molecular formula is C20H15ClF3N5O3. The number of nitrogens with one attached hydrogen (secondary N) is 1. The Morgan fingerprint density at radius 2 is 1.72 bits per heavy atom. The number of nitrogens with zero attached hydrogens (tertiary/aromatic N) is 2. The van der Waals surface area contributed by atoms with E-state index in [0.717, 1.165) is 6.07 Å². The van der Waals surface area contributed by atoms with Gasteiger partial charge in [0.2, 0.25) is 0 Å². The number of benzene rings is 2. The number of ether oxygens (including phenoxy) is 1. The van der Waals surface area contributed by atoms with E-state index in [9.17, 15) is 22.8 Å². The normalized spacial score (nSPS) is 11.0. The Hall–Kier alpha value is -3.83. The molecule has 0 saturated heterocycles. The maximum Gasteiger partial charge on any atom is 0.417 e. The standard InChI is InChI=1S/C20H15ClF3N5O3/c21-16-6-3-12(9-15(16)20(22,23)24)29(26)19(31)28-11-1-4-13(5-2-11)32-14-7-8-27-17(10-14)18(25)30/h1-10H,26H2,(H2,25,30)(H,28,31). The molecule has 0 radical (unpaired) electrons. The van der Waals surface area contributed by atoms with E-state index in [4.69, 9.17) is 27.9 Å². The summed E-state index contributed by atoms with van der Waals surface area (Å²) in [6, 6.07) is 10.9. The van der Waals surface area contributed by atoms with Crippen molar-refractivity contribution < 1.29 is 27.5 Å². The molecule has 0 aliphatic heterocycles. The Kier molecular flexibility index (Phi) is 6.51. The van der Waals surface area contributed by atoms with Gasteiger partial charge in [0, 0.05) is 18.0 Å². The summed E-state index contributed by atoms with van der Waals surface area (Å²) in [5.74, 6) is 5.65. The summed E-state index contributed by atoms with van der Waals surface area (Å²) in [7, 11) is 0. The van der Waals surface area contributed by atoms with Crippen molar-refractivity contribution >= 4 is 34.9 Å². The van der Waals surface area contributed by atoms with E-state index in [1.54, 1.807) is 0 Å². The number of primary amides is 1. The minimum absolute atomic E-state index is 0.0327. The fourth-order valence-corrected chi connectivity index (χ4v) is 2.76. The van der Waals surface area contributed by atoms with E-state index in [1.807, 2.05) is 0 Å². The molecule has 0 aliphatic rings. The van der Waals surface area contributed by atoms with Crippen LogP contribution in [0.3, 0.4) is 0 Å². The topological polar surface area (TPSA) is 124 Å². The highest BCUT2D eigenvalue weighted by Gasteiger charge is 2.34. The highest BCUT2D eigenvalue weighted by Crippen LogP contribution is 2.36. The van der Waals surface area contributed by atoms with Crippen LogP contribution in [0, 0.1) is 0 Å². The predicted octanol–water partition coefficient (Wildman–Crippen LogP) is 4.56. The third-order valence-corrected chi connectivity index (χ3v) is 4.41. The van der Waals surface area contributed by atoms with E-state index in [1.165, 1.54) is 48.7 Å². The summed E-state index contributed by atoms with van der Waals surface area (Å²) in [5, 5.41) is 2.46. The van der Waals surface area contributed by atoms with Gasteiger partial charge in [0.25, 0.3) is 5.91 Å². The monoisotopic (exact) mass is 465 g/mol. The van der Waals surface area contributed by atoms with Crippen molar-refractivity contribution in [1.29, 1.82) is 0 Å². The maximum atomic E-state index is 13.0. The third kappa shape index (κ3) is 5.45. The second-order valence-electron chi connectivity index (χ2n) is 6.33. The molecule has 2 aromatic carbocycles. The second-order valence-corrected chi connectivity index (χ2v) is 6.74. The Morgan fingerprint density at radius 3 is 2.34 bits per heavy atom. The molecule has 0 aliphatic carbocycles. The van der Waals surface area contributed by atoms with Crippen molar-refractivity contribution in [3.8, 4) is 11.5 Å². The summed E-state index contributed by atoms with van der Waals surface area (Å²) in [6.07, 6.45) is -3.34. The van der Waals surface area contributed by atoms with Gasteiger partial charge in [0.15, 0.2) is 0 Å². The third-order valence-electron chi connectivity index (χ3n) is 4.08. The molecule has 8 nitrogen and oxygen atoms in total. The van der Waals surface area contributed by atoms with Gasteiger partial charge in [-0.15, -0.1) is 0 Å². The molecule has 0 unspecified atom stereocenters. The van der Waals surface area contributed by atoms with Crippen LogP contribution in [0.2, 0.25) is 5.02 Å². The van der Waals surface area contributed by atoms with Gasteiger partial charge in [-0.1, -0.05) is 11.6 Å². The number of nitrogens with two attached hydrogens (primary N) is 2. The first-order chi connectivity index (χ1) is 15.0. The maximum absolute atomic E-state index is 13.0. The van der Waals surface area contributed by atoms with Crippen LogP contribution in [0.1, 0.15) is 16.1 Å². The number of aromatic nitrogens is 1. The molecule has 12 heteroatoms. The quantitative estimate of drug-likeness (QED) is 0.289. The summed E-state index contributed by atoms with van der Waals surface area (Å²) in [4.78, 5) is 27.3. The number of pyridine rings is 1. The number of hydrazine groups is 1.